The molecule has 0 aliphatic heterocycles. The van der Waals surface area contributed by atoms with Crippen molar-refractivity contribution in [2.45, 2.75) is 13.0 Å². The van der Waals surface area contributed by atoms with Crippen molar-refractivity contribution in [3.63, 3.8) is 0 Å². The third-order valence-electron chi connectivity index (χ3n) is 1.87. The second kappa shape index (κ2) is 5.51. The van der Waals surface area contributed by atoms with Crippen LogP contribution in [0.25, 0.3) is 0 Å². The maximum Gasteiger partial charge on any atom is 0.351 e. The van der Waals surface area contributed by atoms with Gasteiger partial charge in [-0.3, -0.25) is 4.79 Å². The van der Waals surface area contributed by atoms with Crippen LogP contribution in [0.2, 0.25) is 5.02 Å². The van der Waals surface area contributed by atoms with Crippen molar-refractivity contribution >= 4 is 23.5 Å². The van der Waals surface area contributed by atoms with Crippen molar-refractivity contribution in [3.8, 4) is 0 Å². The number of ether oxygens (including phenoxy) is 2. The molecule has 16 heavy (non-hydrogen) atoms. The van der Waals surface area contributed by atoms with E-state index in [0.29, 0.717) is 10.6 Å². The molecule has 0 fully saturated rings. The molecule has 1 rings (SSSR count). The highest BCUT2D eigenvalue weighted by Gasteiger charge is 2.24. The number of esters is 2. The summed E-state index contributed by atoms with van der Waals surface area (Å²) in [6.07, 6.45) is -1.04. The number of carbonyl (C=O) groups excluding carboxylic acids is 2. The van der Waals surface area contributed by atoms with E-state index in [4.69, 9.17) is 16.3 Å². The molecule has 1 aromatic carbocycles. The van der Waals surface area contributed by atoms with Crippen LogP contribution in [0, 0.1) is 0 Å². The number of hydrogen-bond donors (Lipinski definition) is 0. The Labute approximate surface area is 98.1 Å². The number of hydrogen-bond acceptors (Lipinski definition) is 4. The van der Waals surface area contributed by atoms with Crippen molar-refractivity contribution in [2.24, 2.45) is 0 Å². The standard InChI is InChI=1S/C11H11ClO4/c1-7(13)16-10(11(14)15-2)8-3-5-9(12)6-4-8/h3-6,10H,1-2H3. The number of benzene rings is 1. The van der Waals surface area contributed by atoms with E-state index in [0.717, 1.165) is 0 Å². The van der Waals surface area contributed by atoms with Crippen molar-refractivity contribution in [3.05, 3.63) is 34.9 Å². The highest BCUT2D eigenvalue weighted by atomic mass is 35.5. The summed E-state index contributed by atoms with van der Waals surface area (Å²) in [6.45, 7) is 1.23. The van der Waals surface area contributed by atoms with Crippen LogP contribution in [0.1, 0.15) is 18.6 Å². The zero-order valence-electron chi connectivity index (χ0n) is 8.90. The Morgan fingerprint density at radius 1 is 1.25 bits per heavy atom. The van der Waals surface area contributed by atoms with Gasteiger partial charge >= 0.3 is 11.9 Å². The highest BCUT2D eigenvalue weighted by molar-refractivity contribution is 6.30. The van der Waals surface area contributed by atoms with Crippen LogP contribution in [0.3, 0.4) is 0 Å². The summed E-state index contributed by atoms with van der Waals surface area (Å²) < 4.78 is 9.42. The zero-order valence-corrected chi connectivity index (χ0v) is 9.65. The molecule has 0 saturated heterocycles. The van der Waals surface area contributed by atoms with Gasteiger partial charge in [-0.25, -0.2) is 4.79 Å². The Balaban J connectivity index is 2.96. The topological polar surface area (TPSA) is 52.6 Å². The summed E-state index contributed by atoms with van der Waals surface area (Å²) in [5.41, 5.74) is 0.520. The van der Waals surface area contributed by atoms with E-state index in [1.54, 1.807) is 24.3 Å². The van der Waals surface area contributed by atoms with E-state index in [-0.39, 0.29) is 0 Å². The molecule has 1 atom stereocenters. The fraction of sp³-hybridized carbons (Fsp3) is 0.273. The minimum absolute atomic E-state index is 0.520. The van der Waals surface area contributed by atoms with Gasteiger partial charge in [0.1, 0.15) is 0 Å². The van der Waals surface area contributed by atoms with Crippen molar-refractivity contribution in [2.75, 3.05) is 7.11 Å². The van der Waals surface area contributed by atoms with Gasteiger partial charge in [0.25, 0.3) is 0 Å². The van der Waals surface area contributed by atoms with Crippen molar-refractivity contribution < 1.29 is 19.1 Å². The fourth-order valence-electron chi connectivity index (χ4n) is 1.16. The molecule has 5 heteroatoms. The molecule has 0 radical (unpaired) electrons. The Morgan fingerprint density at radius 2 is 1.81 bits per heavy atom. The summed E-state index contributed by atoms with van der Waals surface area (Å²) in [5, 5.41) is 0.537. The Kier molecular flexibility index (Phi) is 4.31. The Morgan fingerprint density at radius 3 is 2.25 bits per heavy atom. The highest BCUT2D eigenvalue weighted by Crippen LogP contribution is 2.21. The molecule has 86 valence electrons. The smallest absolute Gasteiger partial charge is 0.351 e. The molecule has 0 amide bonds. The molecule has 0 spiro atoms. The minimum atomic E-state index is -1.04. The second-order valence-electron chi connectivity index (χ2n) is 3.06. The molecule has 0 aromatic heterocycles. The molecule has 0 saturated carbocycles. The van der Waals surface area contributed by atoms with Crippen molar-refractivity contribution in [1.29, 1.82) is 0 Å². The molecular formula is C11H11ClO4. The molecular weight excluding hydrogens is 232 g/mol. The fourth-order valence-corrected chi connectivity index (χ4v) is 1.29. The van der Waals surface area contributed by atoms with E-state index in [2.05, 4.69) is 4.74 Å². The molecule has 0 N–H and O–H groups in total. The lowest BCUT2D eigenvalue weighted by Crippen LogP contribution is -2.19. The minimum Gasteiger partial charge on any atom is -0.466 e. The molecule has 0 aliphatic carbocycles. The first-order valence-electron chi connectivity index (χ1n) is 4.55. The largest absolute Gasteiger partial charge is 0.466 e. The Hall–Kier alpha value is -1.55. The quantitative estimate of drug-likeness (QED) is 0.762. The van der Waals surface area contributed by atoms with Gasteiger partial charge in [0, 0.05) is 17.5 Å². The molecule has 0 aliphatic rings. The molecule has 4 nitrogen and oxygen atoms in total. The van der Waals surface area contributed by atoms with E-state index < -0.39 is 18.0 Å². The van der Waals surface area contributed by atoms with Crippen LogP contribution in [-0.2, 0) is 19.1 Å². The van der Waals surface area contributed by atoms with Gasteiger partial charge in [0.05, 0.1) is 7.11 Å². The third kappa shape index (κ3) is 3.24. The van der Waals surface area contributed by atoms with Gasteiger partial charge in [0.2, 0.25) is 6.10 Å². The number of rotatable bonds is 3. The van der Waals surface area contributed by atoms with E-state index >= 15 is 0 Å². The molecule has 0 heterocycles. The average Bonchev–Trinajstić information content (AvgIpc) is 2.26. The lowest BCUT2D eigenvalue weighted by molar-refractivity contribution is -0.165. The number of halogens is 1. The van der Waals surface area contributed by atoms with Crippen molar-refractivity contribution in [1.82, 2.24) is 0 Å². The molecule has 1 unspecified atom stereocenters. The summed E-state index contributed by atoms with van der Waals surface area (Å²) in [6, 6.07) is 6.42. The summed E-state index contributed by atoms with van der Waals surface area (Å²) in [7, 11) is 1.23. The summed E-state index contributed by atoms with van der Waals surface area (Å²) >= 11 is 5.71. The lowest BCUT2D eigenvalue weighted by atomic mass is 10.1. The predicted molar refractivity (Wildman–Crippen MR) is 58.0 cm³/mol. The summed E-state index contributed by atoms with van der Waals surface area (Å²) in [4.78, 5) is 22.3. The van der Waals surface area contributed by atoms with Crippen LogP contribution in [-0.4, -0.2) is 19.0 Å². The SMILES string of the molecule is COC(=O)C(OC(C)=O)c1ccc(Cl)cc1. The zero-order chi connectivity index (χ0) is 12.1. The average molecular weight is 243 g/mol. The normalized spacial score (nSPS) is 11.7. The van der Waals surface area contributed by atoms with E-state index in [9.17, 15) is 9.59 Å². The van der Waals surface area contributed by atoms with Gasteiger partial charge in [-0.1, -0.05) is 23.7 Å². The van der Waals surface area contributed by atoms with E-state index in [1.165, 1.54) is 14.0 Å². The van der Waals surface area contributed by atoms with Crippen LogP contribution in [0.4, 0.5) is 0 Å². The van der Waals surface area contributed by atoms with Crippen LogP contribution >= 0.6 is 11.6 Å². The van der Waals surface area contributed by atoms with Gasteiger partial charge in [0.15, 0.2) is 0 Å². The first kappa shape index (κ1) is 12.5. The first-order chi connectivity index (χ1) is 7.54. The Bertz CT molecular complexity index is 385. The molecule has 0 bridgehead atoms. The predicted octanol–water partition coefficient (Wildman–Crippen LogP) is 2.12. The van der Waals surface area contributed by atoms with E-state index in [1.807, 2.05) is 0 Å². The van der Waals surface area contributed by atoms with Crippen LogP contribution < -0.4 is 0 Å². The van der Waals surface area contributed by atoms with Crippen LogP contribution in [0.15, 0.2) is 24.3 Å². The van der Waals surface area contributed by atoms with Gasteiger partial charge in [-0.15, -0.1) is 0 Å². The maximum absolute atomic E-state index is 11.4. The first-order valence-corrected chi connectivity index (χ1v) is 4.93. The lowest BCUT2D eigenvalue weighted by Gasteiger charge is -2.14. The van der Waals surface area contributed by atoms with Crippen LogP contribution in [0.5, 0.6) is 0 Å². The number of carbonyl (C=O) groups is 2. The second-order valence-corrected chi connectivity index (χ2v) is 3.50. The molecule has 1 aromatic rings. The van der Waals surface area contributed by atoms with Gasteiger partial charge in [-0.2, -0.15) is 0 Å². The monoisotopic (exact) mass is 242 g/mol. The number of methoxy groups -OCH3 is 1. The maximum atomic E-state index is 11.4. The van der Waals surface area contributed by atoms with Gasteiger partial charge < -0.3 is 9.47 Å². The third-order valence-corrected chi connectivity index (χ3v) is 2.12. The van der Waals surface area contributed by atoms with Gasteiger partial charge in [-0.05, 0) is 12.1 Å². The summed E-state index contributed by atoms with van der Waals surface area (Å²) in [5.74, 6) is -1.18.